The second-order valence-corrected chi connectivity index (χ2v) is 5.04. The first-order valence-corrected chi connectivity index (χ1v) is 6.54. The fraction of sp³-hybridized carbons (Fsp3) is 0.545. The maximum atomic E-state index is 11.7. The minimum atomic E-state index is -1.12. The van der Waals surface area contributed by atoms with Gasteiger partial charge in [0.1, 0.15) is 0 Å². The molecule has 1 aromatic rings. The normalized spacial score (nSPS) is 22.9. The third-order valence-corrected chi connectivity index (χ3v) is 3.82. The summed E-state index contributed by atoms with van der Waals surface area (Å²) in [7, 11) is 0. The number of ether oxygens (including phenoxy) is 1. The largest absolute Gasteiger partial charge is 0.476 e. The third-order valence-electron chi connectivity index (χ3n) is 2.98. The van der Waals surface area contributed by atoms with Crippen LogP contribution in [-0.2, 0) is 4.74 Å². The maximum Gasteiger partial charge on any atom is 0.355 e. The van der Waals surface area contributed by atoms with Crippen molar-refractivity contribution in [1.82, 2.24) is 10.3 Å². The molecule has 0 spiro atoms. The first-order chi connectivity index (χ1) is 8.58. The lowest BCUT2D eigenvalue weighted by Crippen LogP contribution is -2.31. The minimum Gasteiger partial charge on any atom is -0.476 e. The van der Waals surface area contributed by atoms with Crippen LogP contribution in [0.4, 0.5) is 0 Å². The summed E-state index contributed by atoms with van der Waals surface area (Å²) in [6, 6.07) is 0. The van der Waals surface area contributed by atoms with Crippen molar-refractivity contribution in [3.63, 3.8) is 0 Å². The van der Waals surface area contributed by atoms with Crippen molar-refractivity contribution >= 4 is 23.2 Å². The molecule has 1 fully saturated rings. The number of aromatic carboxylic acids is 1. The summed E-state index contributed by atoms with van der Waals surface area (Å²) in [5.74, 6) is -1.14. The number of carboxylic acid groups (broad SMARTS) is 1. The number of carbonyl (C=O) groups is 2. The number of amides is 1. The zero-order chi connectivity index (χ0) is 13.1. The van der Waals surface area contributed by atoms with Crippen molar-refractivity contribution in [2.24, 2.45) is 5.92 Å². The fourth-order valence-corrected chi connectivity index (χ4v) is 2.53. The lowest BCUT2D eigenvalue weighted by atomic mass is 10.0. The van der Waals surface area contributed by atoms with Crippen LogP contribution in [0, 0.1) is 5.92 Å². The van der Waals surface area contributed by atoms with E-state index in [2.05, 4.69) is 10.3 Å². The Balaban J connectivity index is 1.89. The van der Waals surface area contributed by atoms with E-state index in [9.17, 15) is 9.59 Å². The van der Waals surface area contributed by atoms with E-state index in [1.165, 1.54) is 5.38 Å². The van der Waals surface area contributed by atoms with Crippen LogP contribution in [0.3, 0.4) is 0 Å². The fourth-order valence-electron chi connectivity index (χ4n) is 1.82. The molecule has 0 bridgehead atoms. The Labute approximate surface area is 108 Å². The van der Waals surface area contributed by atoms with Crippen LogP contribution in [0.2, 0.25) is 0 Å². The van der Waals surface area contributed by atoms with Crippen LogP contribution in [-0.4, -0.2) is 41.2 Å². The summed E-state index contributed by atoms with van der Waals surface area (Å²) in [6.45, 7) is 3.24. The van der Waals surface area contributed by atoms with Crippen LogP contribution in [0.5, 0.6) is 0 Å². The highest BCUT2D eigenvalue weighted by atomic mass is 32.1. The molecule has 7 heteroatoms. The molecule has 1 amide bonds. The number of nitrogens with one attached hydrogen (secondary N) is 1. The van der Waals surface area contributed by atoms with E-state index in [0.717, 1.165) is 24.4 Å². The topological polar surface area (TPSA) is 88.5 Å². The molecule has 0 saturated carbocycles. The average molecular weight is 270 g/mol. The zero-order valence-electron chi connectivity index (χ0n) is 9.88. The van der Waals surface area contributed by atoms with Gasteiger partial charge in [0.15, 0.2) is 10.7 Å². The van der Waals surface area contributed by atoms with E-state index in [-0.39, 0.29) is 22.7 Å². The smallest absolute Gasteiger partial charge is 0.355 e. The molecule has 2 unspecified atom stereocenters. The summed E-state index contributed by atoms with van der Waals surface area (Å²) in [5.41, 5.74) is -0.0947. The first kappa shape index (κ1) is 13.0. The number of thiazole rings is 1. The summed E-state index contributed by atoms with van der Waals surface area (Å²) in [6.07, 6.45) is 1.08. The predicted molar refractivity (Wildman–Crippen MR) is 64.9 cm³/mol. The molecule has 1 aliphatic heterocycles. The number of carbonyl (C=O) groups excluding carboxylic acids is 1. The van der Waals surface area contributed by atoms with E-state index in [0.29, 0.717) is 12.5 Å². The zero-order valence-corrected chi connectivity index (χ0v) is 10.7. The van der Waals surface area contributed by atoms with Gasteiger partial charge in [0.25, 0.3) is 5.91 Å². The second kappa shape index (κ2) is 5.45. The number of nitrogens with zero attached hydrogens (tertiary/aromatic N) is 1. The van der Waals surface area contributed by atoms with Crippen molar-refractivity contribution in [2.45, 2.75) is 19.4 Å². The van der Waals surface area contributed by atoms with Gasteiger partial charge >= 0.3 is 5.97 Å². The molecular weight excluding hydrogens is 256 g/mol. The highest BCUT2D eigenvalue weighted by Crippen LogP contribution is 2.19. The number of carboxylic acids is 1. The lowest BCUT2D eigenvalue weighted by Gasteiger charge is -2.13. The predicted octanol–water partition coefficient (Wildman–Crippen LogP) is 0.996. The third kappa shape index (κ3) is 2.85. The molecule has 2 atom stereocenters. The molecule has 2 heterocycles. The Kier molecular flexibility index (Phi) is 3.93. The molecule has 2 rings (SSSR count). The van der Waals surface area contributed by atoms with E-state index in [1.807, 2.05) is 6.92 Å². The second-order valence-electron chi connectivity index (χ2n) is 4.18. The van der Waals surface area contributed by atoms with Crippen molar-refractivity contribution in [3.05, 3.63) is 16.1 Å². The summed E-state index contributed by atoms with van der Waals surface area (Å²) >= 11 is 1.03. The van der Waals surface area contributed by atoms with Gasteiger partial charge in [0.2, 0.25) is 0 Å². The number of aromatic nitrogens is 1. The molecule has 1 aromatic heterocycles. The van der Waals surface area contributed by atoms with Crippen molar-refractivity contribution in [3.8, 4) is 0 Å². The van der Waals surface area contributed by atoms with E-state index >= 15 is 0 Å². The summed E-state index contributed by atoms with van der Waals surface area (Å²) in [4.78, 5) is 26.1. The van der Waals surface area contributed by atoms with Gasteiger partial charge in [-0.3, -0.25) is 4.79 Å². The van der Waals surface area contributed by atoms with Gasteiger partial charge in [-0.2, -0.15) is 0 Å². The number of hydrogen-bond acceptors (Lipinski definition) is 5. The monoisotopic (exact) mass is 270 g/mol. The van der Waals surface area contributed by atoms with E-state index in [1.54, 1.807) is 0 Å². The highest BCUT2D eigenvalue weighted by Gasteiger charge is 2.25. The molecule has 1 saturated heterocycles. The molecule has 6 nitrogen and oxygen atoms in total. The molecule has 0 radical (unpaired) electrons. The molecule has 0 aromatic carbocycles. The summed E-state index contributed by atoms with van der Waals surface area (Å²) in [5, 5.41) is 13.0. The first-order valence-electron chi connectivity index (χ1n) is 5.66. The molecule has 98 valence electrons. The van der Waals surface area contributed by atoms with Gasteiger partial charge in [0.05, 0.1) is 6.10 Å². The Morgan fingerprint density at radius 1 is 1.67 bits per heavy atom. The molecule has 1 aliphatic rings. The Morgan fingerprint density at radius 2 is 2.44 bits per heavy atom. The standard InChI is InChI=1S/C11H14N2O4S/c1-6-7(2-3-17-6)4-12-9(14)10-13-8(5-18-10)11(15)16/h5-7H,2-4H2,1H3,(H,12,14)(H,15,16). The van der Waals surface area contributed by atoms with Gasteiger partial charge < -0.3 is 15.2 Å². The SMILES string of the molecule is CC1OCCC1CNC(=O)c1nc(C(=O)O)cs1. The Morgan fingerprint density at radius 3 is 3.00 bits per heavy atom. The van der Waals surface area contributed by atoms with Crippen molar-refractivity contribution in [2.75, 3.05) is 13.2 Å². The summed E-state index contributed by atoms with van der Waals surface area (Å²) < 4.78 is 5.40. The van der Waals surface area contributed by atoms with Crippen LogP contribution in [0.1, 0.15) is 33.6 Å². The van der Waals surface area contributed by atoms with Gasteiger partial charge in [-0.25, -0.2) is 9.78 Å². The van der Waals surface area contributed by atoms with Gasteiger partial charge in [-0.1, -0.05) is 0 Å². The molecule has 18 heavy (non-hydrogen) atoms. The molecule has 2 N–H and O–H groups in total. The Hall–Kier alpha value is -1.47. The van der Waals surface area contributed by atoms with Gasteiger partial charge in [0, 0.05) is 24.4 Å². The van der Waals surface area contributed by atoms with Crippen molar-refractivity contribution < 1.29 is 19.4 Å². The van der Waals surface area contributed by atoms with Crippen LogP contribution < -0.4 is 5.32 Å². The lowest BCUT2D eigenvalue weighted by molar-refractivity contribution is 0.0691. The molecule has 0 aliphatic carbocycles. The number of rotatable bonds is 4. The van der Waals surface area contributed by atoms with Crippen LogP contribution in [0.25, 0.3) is 0 Å². The maximum absolute atomic E-state index is 11.7. The highest BCUT2D eigenvalue weighted by molar-refractivity contribution is 7.11. The van der Waals surface area contributed by atoms with Crippen LogP contribution >= 0.6 is 11.3 Å². The minimum absolute atomic E-state index is 0.0947. The van der Waals surface area contributed by atoms with E-state index in [4.69, 9.17) is 9.84 Å². The van der Waals surface area contributed by atoms with E-state index < -0.39 is 5.97 Å². The van der Waals surface area contributed by atoms with Gasteiger partial charge in [-0.05, 0) is 13.3 Å². The van der Waals surface area contributed by atoms with Gasteiger partial charge in [-0.15, -0.1) is 11.3 Å². The number of hydrogen-bond donors (Lipinski definition) is 2. The quantitative estimate of drug-likeness (QED) is 0.852. The molecular formula is C11H14N2O4S. The Bertz CT molecular complexity index is 460. The van der Waals surface area contributed by atoms with Crippen LogP contribution in [0.15, 0.2) is 5.38 Å². The average Bonchev–Trinajstić information content (AvgIpc) is 2.94. The van der Waals surface area contributed by atoms with Crippen molar-refractivity contribution in [1.29, 1.82) is 0 Å².